The summed E-state index contributed by atoms with van der Waals surface area (Å²) < 4.78 is 11.2. The molecule has 0 aromatic carbocycles. The average molecular weight is 150 g/mol. The molecule has 9 heavy (non-hydrogen) atoms. The lowest BCUT2D eigenvalue weighted by Crippen LogP contribution is -2.10. The van der Waals surface area contributed by atoms with E-state index in [9.17, 15) is 4.57 Å². The van der Waals surface area contributed by atoms with Crippen molar-refractivity contribution in [3.05, 3.63) is 0 Å². The Hall–Kier alpha value is 0.190. The minimum Gasteiger partial charge on any atom is -0.396 e. The lowest BCUT2D eigenvalue weighted by Gasteiger charge is -2.15. The fourth-order valence-corrected chi connectivity index (χ4v) is 2.04. The van der Waals surface area contributed by atoms with Crippen molar-refractivity contribution in [2.45, 2.75) is 19.0 Å². The second-order valence-corrected chi connectivity index (χ2v) is 6.28. The van der Waals surface area contributed by atoms with E-state index in [0.29, 0.717) is 0 Å². The molecule has 0 aromatic heterocycles. The van der Waals surface area contributed by atoms with Crippen molar-refractivity contribution >= 4 is 7.14 Å². The quantitative estimate of drug-likeness (QED) is 0.617. The summed E-state index contributed by atoms with van der Waals surface area (Å²) >= 11 is 0. The summed E-state index contributed by atoms with van der Waals surface area (Å²) in [4.78, 5) is 0. The molecule has 0 radical (unpaired) electrons. The maximum absolute atomic E-state index is 11.2. The van der Waals surface area contributed by atoms with E-state index >= 15 is 0 Å². The molecule has 0 aliphatic heterocycles. The minimum absolute atomic E-state index is 0.0116. The van der Waals surface area contributed by atoms with Gasteiger partial charge in [0, 0.05) is 5.66 Å². The van der Waals surface area contributed by atoms with Crippen LogP contribution in [0.5, 0.6) is 0 Å². The number of hydrogen-bond donors (Lipinski definition) is 1. The lowest BCUT2D eigenvalue weighted by atomic mass is 10.3. The van der Waals surface area contributed by atoms with E-state index in [1.807, 2.05) is 6.92 Å². The summed E-state index contributed by atoms with van der Waals surface area (Å²) in [6.45, 7) is 5.44. The first-order chi connectivity index (χ1) is 4.02. The summed E-state index contributed by atoms with van der Waals surface area (Å²) in [5.74, 6) is 0. The molecule has 2 nitrogen and oxygen atoms in total. The maximum atomic E-state index is 11.2. The van der Waals surface area contributed by atoms with Crippen LogP contribution in [0.15, 0.2) is 0 Å². The van der Waals surface area contributed by atoms with Crippen LogP contribution in [-0.2, 0) is 4.57 Å². The summed E-state index contributed by atoms with van der Waals surface area (Å²) in [5.41, 5.74) is 0.0116. The Bertz CT molecular complexity index is 112. The van der Waals surface area contributed by atoms with Crippen molar-refractivity contribution in [3.63, 3.8) is 0 Å². The standard InChI is InChI=1S/C6H15O2P/c1-4-6(5-7)9(2,3)8/h6-7H,4-5H2,1-3H3. The monoisotopic (exact) mass is 150 g/mol. The third kappa shape index (κ3) is 3.02. The van der Waals surface area contributed by atoms with Crippen LogP contribution >= 0.6 is 7.14 Å². The number of aliphatic hydroxyl groups excluding tert-OH is 1. The first-order valence-corrected chi connectivity index (χ1v) is 5.85. The van der Waals surface area contributed by atoms with Crippen molar-refractivity contribution in [2.75, 3.05) is 19.9 Å². The van der Waals surface area contributed by atoms with Gasteiger partial charge in [0.05, 0.1) is 13.7 Å². The van der Waals surface area contributed by atoms with E-state index < -0.39 is 7.14 Å². The highest BCUT2D eigenvalue weighted by atomic mass is 31.2. The maximum Gasteiger partial charge on any atom is 0.0870 e. The van der Waals surface area contributed by atoms with Gasteiger partial charge in [-0.15, -0.1) is 0 Å². The van der Waals surface area contributed by atoms with E-state index in [4.69, 9.17) is 5.11 Å². The molecular weight excluding hydrogens is 135 g/mol. The first-order valence-electron chi connectivity index (χ1n) is 3.18. The fourth-order valence-electron chi connectivity index (χ4n) is 0.765. The van der Waals surface area contributed by atoms with Crippen molar-refractivity contribution in [2.24, 2.45) is 0 Å². The zero-order valence-electron chi connectivity index (χ0n) is 6.29. The molecule has 56 valence electrons. The normalized spacial score (nSPS) is 15.6. The predicted molar refractivity (Wildman–Crippen MR) is 40.6 cm³/mol. The van der Waals surface area contributed by atoms with Crippen LogP contribution in [0.25, 0.3) is 0 Å². The van der Waals surface area contributed by atoms with Crippen LogP contribution in [0.4, 0.5) is 0 Å². The molecule has 1 N–H and O–H groups in total. The minimum atomic E-state index is -2.03. The molecule has 0 heterocycles. The first kappa shape index (κ1) is 9.19. The van der Waals surface area contributed by atoms with Crippen molar-refractivity contribution in [1.29, 1.82) is 0 Å². The van der Waals surface area contributed by atoms with Crippen LogP contribution in [0.3, 0.4) is 0 Å². The molecule has 0 saturated carbocycles. The number of aliphatic hydroxyl groups is 1. The van der Waals surface area contributed by atoms with Crippen molar-refractivity contribution in [1.82, 2.24) is 0 Å². The van der Waals surface area contributed by atoms with Gasteiger partial charge in [-0.3, -0.25) is 0 Å². The van der Waals surface area contributed by atoms with Crippen LogP contribution in [0, 0.1) is 0 Å². The Kier molecular flexibility index (Phi) is 3.45. The molecule has 0 bridgehead atoms. The van der Waals surface area contributed by atoms with Crippen LogP contribution in [-0.4, -0.2) is 30.7 Å². The smallest absolute Gasteiger partial charge is 0.0870 e. The van der Waals surface area contributed by atoms with Gasteiger partial charge in [-0.2, -0.15) is 0 Å². The average Bonchev–Trinajstić information content (AvgIpc) is 1.65. The molecule has 0 fully saturated rings. The molecule has 1 atom stereocenters. The van der Waals surface area contributed by atoms with Gasteiger partial charge in [0.1, 0.15) is 0 Å². The highest BCUT2D eigenvalue weighted by molar-refractivity contribution is 7.63. The topological polar surface area (TPSA) is 37.3 Å². The second-order valence-electron chi connectivity index (χ2n) is 2.68. The van der Waals surface area contributed by atoms with E-state index in [2.05, 4.69) is 0 Å². The van der Waals surface area contributed by atoms with Gasteiger partial charge in [-0.1, -0.05) is 6.92 Å². The highest BCUT2D eigenvalue weighted by Gasteiger charge is 2.19. The molecule has 3 heteroatoms. The Balaban J connectivity index is 3.96. The van der Waals surface area contributed by atoms with Gasteiger partial charge in [0.2, 0.25) is 0 Å². The van der Waals surface area contributed by atoms with E-state index in [1.165, 1.54) is 0 Å². The second kappa shape index (κ2) is 3.38. The molecule has 0 saturated heterocycles. The van der Waals surface area contributed by atoms with E-state index in [-0.39, 0.29) is 12.3 Å². The van der Waals surface area contributed by atoms with E-state index in [0.717, 1.165) is 6.42 Å². The molecule has 0 rings (SSSR count). The predicted octanol–water partition coefficient (Wildman–Crippen LogP) is 1.38. The summed E-state index contributed by atoms with van der Waals surface area (Å²) in [6, 6.07) is 0. The van der Waals surface area contributed by atoms with Gasteiger partial charge in [0.25, 0.3) is 0 Å². The molecule has 0 aromatic rings. The molecular formula is C6H15O2P. The van der Waals surface area contributed by atoms with Gasteiger partial charge in [-0.05, 0) is 19.8 Å². The Morgan fingerprint density at radius 1 is 1.56 bits per heavy atom. The third-order valence-electron chi connectivity index (χ3n) is 1.56. The van der Waals surface area contributed by atoms with Crippen LogP contribution in [0.2, 0.25) is 0 Å². The van der Waals surface area contributed by atoms with Crippen molar-refractivity contribution in [3.8, 4) is 0 Å². The van der Waals surface area contributed by atoms with Crippen molar-refractivity contribution < 1.29 is 9.67 Å². The largest absolute Gasteiger partial charge is 0.396 e. The van der Waals surface area contributed by atoms with Gasteiger partial charge in [-0.25, -0.2) is 0 Å². The number of rotatable bonds is 3. The molecule has 0 aliphatic carbocycles. The summed E-state index contributed by atoms with van der Waals surface area (Å²) in [7, 11) is -2.03. The molecule has 0 spiro atoms. The lowest BCUT2D eigenvalue weighted by molar-refractivity contribution is 0.288. The Labute approximate surface area is 56.6 Å². The Morgan fingerprint density at radius 3 is 2.00 bits per heavy atom. The number of hydrogen-bond acceptors (Lipinski definition) is 2. The van der Waals surface area contributed by atoms with Gasteiger partial charge < -0.3 is 9.67 Å². The Morgan fingerprint density at radius 2 is 2.00 bits per heavy atom. The van der Waals surface area contributed by atoms with Gasteiger partial charge >= 0.3 is 0 Å². The van der Waals surface area contributed by atoms with Crippen LogP contribution < -0.4 is 0 Å². The molecule has 1 unspecified atom stereocenters. The zero-order valence-corrected chi connectivity index (χ0v) is 7.19. The van der Waals surface area contributed by atoms with E-state index in [1.54, 1.807) is 13.3 Å². The molecule has 0 amide bonds. The van der Waals surface area contributed by atoms with Gasteiger partial charge in [0.15, 0.2) is 0 Å². The highest BCUT2D eigenvalue weighted by Crippen LogP contribution is 2.43. The summed E-state index contributed by atoms with van der Waals surface area (Å²) in [5, 5.41) is 8.69. The summed E-state index contributed by atoms with van der Waals surface area (Å²) in [6.07, 6.45) is 0.806. The SMILES string of the molecule is CCC(CO)P(C)(C)=O. The zero-order chi connectivity index (χ0) is 7.49. The van der Waals surface area contributed by atoms with Crippen LogP contribution in [0.1, 0.15) is 13.3 Å². The fraction of sp³-hybridized carbons (Fsp3) is 1.00. The third-order valence-corrected chi connectivity index (χ3v) is 3.85. The molecule has 0 aliphatic rings.